The van der Waals surface area contributed by atoms with Gasteiger partial charge < -0.3 is 11.1 Å². The summed E-state index contributed by atoms with van der Waals surface area (Å²) < 4.78 is 0. The molecule has 4 heteroatoms. The Balaban J connectivity index is 1.88. The maximum atomic E-state index is 11.9. The van der Waals surface area contributed by atoms with Crippen molar-refractivity contribution in [3.8, 4) is 0 Å². The lowest BCUT2D eigenvalue weighted by Crippen LogP contribution is -2.47. The molecule has 3 N–H and O–H groups in total. The highest BCUT2D eigenvalue weighted by molar-refractivity contribution is 5.76. The van der Waals surface area contributed by atoms with Crippen LogP contribution in [0, 0.1) is 5.92 Å². The van der Waals surface area contributed by atoms with Crippen molar-refractivity contribution >= 4 is 5.91 Å². The fraction of sp³-hybridized carbons (Fsp3) is 0.933. The number of hydrogen-bond donors (Lipinski definition) is 2. The van der Waals surface area contributed by atoms with Crippen LogP contribution < -0.4 is 11.1 Å². The van der Waals surface area contributed by atoms with Crippen molar-refractivity contribution in [1.29, 1.82) is 0 Å². The average Bonchev–Trinajstić information content (AvgIpc) is 2.86. The van der Waals surface area contributed by atoms with Crippen LogP contribution in [0.15, 0.2) is 0 Å². The van der Waals surface area contributed by atoms with Crippen molar-refractivity contribution in [3.05, 3.63) is 0 Å². The van der Waals surface area contributed by atoms with Crippen LogP contribution >= 0.6 is 0 Å². The number of likely N-dealkylation sites (tertiary alicyclic amines) is 1. The van der Waals surface area contributed by atoms with E-state index in [-0.39, 0.29) is 11.9 Å². The molecule has 1 aliphatic heterocycles. The molecule has 1 saturated carbocycles. The standard InChI is InChI=1S/C15H29N3O/c1-2-8-17-15(19)10-13(11-16)18-9-7-12-5-3-4-6-14(12)18/h12-14H,2-11,16H2,1H3,(H,17,19). The number of carbonyl (C=O) groups is 1. The van der Waals surface area contributed by atoms with Gasteiger partial charge in [0, 0.05) is 31.6 Å². The number of carbonyl (C=O) groups excluding carboxylic acids is 1. The van der Waals surface area contributed by atoms with Gasteiger partial charge in [-0.2, -0.15) is 0 Å². The maximum absolute atomic E-state index is 11.9. The third-order valence-electron chi connectivity index (χ3n) is 4.79. The number of hydrogen-bond acceptors (Lipinski definition) is 3. The van der Waals surface area contributed by atoms with Crippen LogP contribution in [0.5, 0.6) is 0 Å². The van der Waals surface area contributed by atoms with Gasteiger partial charge in [0.2, 0.25) is 5.91 Å². The summed E-state index contributed by atoms with van der Waals surface area (Å²) in [7, 11) is 0. The minimum Gasteiger partial charge on any atom is -0.356 e. The topological polar surface area (TPSA) is 58.4 Å². The van der Waals surface area contributed by atoms with E-state index in [1.165, 1.54) is 32.1 Å². The van der Waals surface area contributed by atoms with Crippen molar-refractivity contribution in [1.82, 2.24) is 10.2 Å². The normalized spacial score (nSPS) is 28.9. The molecule has 3 atom stereocenters. The summed E-state index contributed by atoms with van der Waals surface area (Å²) in [6.07, 6.45) is 8.28. The van der Waals surface area contributed by atoms with Crippen LogP contribution in [-0.2, 0) is 4.79 Å². The lowest BCUT2D eigenvalue weighted by Gasteiger charge is -2.36. The highest BCUT2D eigenvalue weighted by Crippen LogP contribution is 2.37. The Bertz CT molecular complexity index is 295. The number of nitrogens with zero attached hydrogens (tertiary/aromatic N) is 1. The molecule has 0 bridgehead atoms. The summed E-state index contributed by atoms with van der Waals surface area (Å²) in [5, 5.41) is 2.97. The fourth-order valence-electron chi connectivity index (χ4n) is 3.78. The van der Waals surface area contributed by atoms with Crippen LogP contribution in [0.25, 0.3) is 0 Å². The fourth-order valence-corrected chi connectivity index (χ4v) is 3.78. The Morgan fingerprint density at radius 3 is 2.89 bits per heavy atom. The van der Waals surface area contributed by atoms with Crippen LogP contribution in [-0.4, -0.2) is 42.5 Å². The molecule has 110 valence electrons. The quantitative estimate of drug-likeness (QED) is 0.766. The van der Waals surface area contributed by atoms with Crippen molar-refractivity contribution in [2.24, 2.45) is 11.7 Å². The number of nitrogens with one attached hydrogen (secondary N) is 1. The molecule has 0 aromatic heterocycles. The van der Waals surface area contributed by atoms with E-state index in [0.29, 0.717) is 19.0 Å². The third-order valence-corrected chi connectivity index (χ3v) is 4.79. The Hall–Kier alpha value is -0.610. The zero-order valence-corrected chi connectivity index (χ0v) is 12.2. The minimum atomic E-state index is 0.163. The van der Waals surface area contributed by atoms with E-state index < -0.39 is 0 Å². The van der Waals surface area contributed by atoms with E-state index in [2.05, 4.69) is 17.1 Å². The van der Waals surface area contributed by atoms with Crippen molar-refractivity contribution in [2.75, 3.05) is 19.6 Å². The molecule has 2 aliphatic rings. The summed E-state index contributed by atoms with van der Waals surface area (Å²) in [5.74, 6) is 1.03. The van der Waals surface area contributed by atoms with Crippen LogP contribution in [0.1, 0.15) is 51.9 Å². The summed E-state index contributed by atoms with van der Waals surface area (Å²) in [6.45, 7) is 4.59. The molecule has 4 nitrogen and oxygen atoms in total. The van der Waals surface area contributed by atoms with Gasteiger partial charge in [-0.25, -0.2) is 0 Å². The van der Waals surface area contributed by atoms with Gasteiger partial charge in [-0.1, -0.05) is 19.8 Å². The lowest BCUT2D eigenvalue weighted by molar-refractivity contribution is -0.122. The molecule has 1 saturated heterocycles. The smallest absolute Gasteiger partial charge is 0.221 e. The monoisotopic (exact) mass is 267 g/mol. The van der Waals surface area contributed by atoms with Gasteiger partial charge >= 0.3 is 0 Å². The zero-order valence-electron chi connectivity index (χ0n) is 12.2. The van der Waals surface area contributed by atoms with Gasteiger partial charge in [-0.3, -0.25) is 9.69 Å². The highest BCUT2D eigenvalue weighted by atomic mass is 16.1. The van der Waals surface area contributed by atoms with Crippen LogP contribution in [0.2, 0.25) is 0 Å². The number of fused-ring (bicyclic) bond motifs is 1. The number of amides is 1. The molecule has 1 aliphatic carbocycles. The molecule has 3 unspecified atom stereocenters. The summed E-state index contributed by atoms with van der Waals surface area (Å²) in [6, 6.07) is 0.936. The lowest BCUT2D eigenvalue weighted by atomic mass is 9.85. The molecular weight excluding hydrogens is 238 g/mol. The van der Waals surface area contributed by atoms with Gasteiger partial charge in [0.25, 0.3) is 0 Å². The Kier molecular flexibility index (Phi) is 5.64. The van der Waals surface area contributed by atoms with E-state index in [1.807, 2.05) is 0 Å². The van der Waals surface area contributed by atoms with Crippen LogP contribution in [0.4, 0.5) is 0 Å². The summed E-state index contributed by atoms with van der Waals surface area (Å²) in [5.41, 5.74) is 5.93. The molecule has 0 radical (unpaired) electrons. The molecule has 0 aromatic carbocycles. The van der Waals surface area contributed by atoms with Crippen molar-refractivity contribution in [2.45, 2.75) is 64.0 Å². The summed E-state index contributed by atoms with van der Waals surface area (Å²) >= 11 is 0. The van der Waals surface area contributed by atoms with E-state index in [4.69, 9.17) is 5.73 Å². The first-order chi connectivity index (χ1) is 9.26. The molecule has 2 rings (SSSR count). The molecule has 0 spiro atoms. The largest absolute Gasteiger partial charge is 0.356 e. The predicted molar refractivity (Wildman–Crippen MR) is 77.8 cm³/mol. The molecule has 1 amide bonds. The third kappa shape index (κ3) is 3.69. The van der Waals surface area contributed by atoms with Gasteiger partial charge in [0.1, 0.15) is 0 Å². The Labute approximate surface area is 117 Å². The van der Waals surface area contributed by atoms with Gasteiger partial charge in [0.05, 0.1) is 0 Å². The van der Waals surface area contributed by atoms with E-state index in [0.717, 1.165) is 25.4 Å². The SMILES string of the molecule is CCCNC(=O)CC(CN)N1CCC2CCCCC21. The van der Waals surface area contributed by atoms with Gasteiger partial charge in [-0.15, -0.1) is 0 Å². The van der Waals surface area contributed by atoms with Crippen LogP contribution in [0.3, 0.4) is 0 Å². The second-order valence-corrected chi connectivity index (χ2v) is 6.08. The molecule has 19 heavy (non-hydrogen) atoms. The minimum absolute atomic E-state index is 0.163. The van der Waals surface area contributed by atoms with E-state index >= 15 is 0 Å². The van der Waals surface area contributed by atoms with Crippen molar-refractivity contribution < 1.29 is 4.79 Å². The molecule has 1 heterocycles. The summed E-state index contributed by atoms with van der Waals surface area (Å²) in [4.78, 5) is 14.4. The zero-order chi connectivity index (χ0) is 13.7. The van der Waals surface area contributed by atoms with Crippen molar-refractivity contribution in [3.63, 3.8) is 0 Å². The first-order valence-electron chi connectivity index (χ1n) is 7.98. The second-order valence-electron chi connectivity index (χ2n) is 6.08. The highest BCUT2D eigenvalue weighted by Gasteiger charge is 2.38. The first kappa shape index (κ1) is 14.8. The molecule has 2 fully saturated rings. The maximum Gasteiger partial charge on any atom is 0.221 e. The second kappa shape index (κ2) is 7.25. The molecular formula is C15H29N3O. The van der Waals surface area contributed by atoms with E-state index in [1.54, 1.807) is 0 Å². The van der Waals surface area contributed by atoms with E-state index in [9.17, 15) is 4.79 Å². The molecule has 0 aromatic rings. The Morgan fingerprint density at radius 1 is 1.37 bits per heavy atom. The number of nitrogens with two attached hydrogens (primary N) is 1. The average molecular weight is 267 g/mol. The predicted octanol–water partition coefficient (Wildman–Crippen LogP) is 1.49. The first-order valence-corrected chi connectivity index (χ1v) is 7.98. The number of rotatable bonds is 6. The Morgan fingerprint density at radius 2 is 2.16 bits per heavy atom. The van der Waals surface area contributed by atoms with Gasteiger partial charge in [-0.05, 0) is 38.1 Å². The van der Waals surface area contributed by atoms with Gasteiger partial charge in [0.15, 0.2) is 0 Å².